The number of nitrogens with one attached hydrogen (secondary N) is 2. The topological polar surface area (TPSA) is 95.6 Å². The van der Waals surface area contributed by atoms with Gasteiger partial charge in [-0.05, 0) is 45.5 Å². The lowest BCUT2D eigenvalue weighted by Crippen LogP contribution is -2.42. The molecule has 1 saturated heterocycles. The van der Waals surface area contributed by atoms with Crippen LogP contribution >= 0.6 is 0 Å². The van der Waals surface area contributed by atoms with Crippen molar-refractivity contribution >= 4 is 21.8 Å². The minimum Gasteiger partial charge on any atom is -0.352 e. The molecule has 2 amide bonds. The van der Waals surface area contributed by atoms with Gasteiger partial charge in [-0.1, -0.05) is 29.8 Å². The molecule has 0 atom stereocenters. The maximum Gasteiger partial charge on any atom is 0.236 e. The van der Waals surface area contributed by atoms with Crippen LogP contribution in [-0.4, -0.2) is 51.0 Å². The number of carbonyl (C=O) groups excluding carboxylic acids is 2. The maximum atomic E-state index is 12.1. The molecule has 1 heterocycles. The highest BCUT2D eigenvalue weighted by Gasteiger charge is 2.26. The van der Waals surface area contributed by atoms with Gasteiger partial charge in [-0.25, -0.2) is 8.42 Å². The first-order chi connectivity index (χ1) is 12.2. The molecule has 8 heteroatoms. The Kier molecular flexibility index (Phi) is 7.16. The van der Waals surface area contributed by atoms with Crippen LogP contribution < -0.4 is 10.0 Å². The Bertz CT molecular complexity index is 723. The Morgan fingerprint density at radius 3 is 2.38 bits per heavy atom. The van der Waals surface area contributed by atoms with Crippen molar-refractivity contribution in [3.63, 3.8) is 0 Å². The molecular weight excluding hydrogens is 354 g/mol. The van der Waals surface area contributed by atoms with Crippen molar-refractivity contribution in [2.24, 2.45) is 5.92 Å². The first kappa shape index (κ1) is 20.4. The van der Waals surface area contributed by atoms with Crippen molar-refractivity contribution in [3.05, 3.63) is 35.4 Å². The lowest BCUT2D eigenvalue weighted by molar-refractivity contribution is -0.124. The van der Waals surface area contributed by atoms with Crippen LogP contribution in [0.3, 0.4) is 0 Å². The second-order valence-corrected chi connectivity index (χ2v) is 8.72. The van der Waals surface area contributed by atoms with E-state index in [2.05, 4.69) is 14.9 Å². The van der Waals surface area contributed by atoms with Crippen LogP contribution in [0.2, 0.25) is 0 Å². The Morgan fingerprint density at radius 1 is 1.15 bits per heavy atom. The third kappa shape index (κ3) is 6.76. The Balaban J connectivity index is 1.73. The van der Waals surface area contributed by atoms with E-state index in [1.54, 1.807) is 0 Å². The minimum absolute atomic E-state index is 0.179. The third-order valence-corrected chi connectivity index (χ3v) is 5.81. The summed E-state index contributed by atoms with van der Waals surface area (Å²) in [6.07, 6.45) is 1.12. The Hall–Kier alpha value is -1.93. The van der Waals surface area contributed by atoms with Gasteiger partial charge in [0.25, 0.3) is 0 Å². The van der Waals surface area contributed by atoms with Crippen LogP contribution in [0.1, 0.15) is 30.4 Å². The summed E-state index contributed by atoms with van der Waals surface area (Å²) in [6, 6.07) is 7.72. The number of hydrogen-bond donors (Lipinski definition) is 2. The molecule has 1 aromatic rings. The standard InChI is InChI=1S/C18H27N3O4S/c1-14-3-5-15(6-4-14)13-19-17(22)9-12-26(24,25)20-18(23)16-7-10-21(2)11-8-16/h3-6,16H,7-13H2,1-2H3,(H,19,22)(H,20,23). The van der Waals surface area contributed by atoms with Gasteiger partial charge in [-0.15, -0.1) is 0 Å². The molecule has 0 spiro atoms. The van der Waals surface area contributed by atoms with E-state index in [0.29, 0.717) is 19.4 Å². The van der Waals surface area contributed by atoms with E-state index in [4.69, 9.17) is 0 Å². The molecule has 0 aromatic heterocycles. The smallest absolute Gasteiger partial charge is 0.236 e. The Morgan fingerprint density at radius 2 is 1.77 bits per heavy atom. The van der Waals surface area contributed by atoms with E-state index >= 15 is 0 Å². The van der Waals surface area contributed by atoms with Crippen LogP contribution in [0.25, 0.3) is 0 Å². The number of benzene rings is 1. The van der Waals surface area contributed by atoms with E-state index < -0.39 is 21.7 Å². The van der Waals surface area contributed by atoms with E-state index in [0.717, 1.165) is 24.2 Å². The second-order valence-electron chi connectivity index (χ2n) is 6.88. The second kappa shape index (κ2) is 9.14. The van der Waals surface area contributed by atoms with Gasteiger partial charge in [0.2, 0.25) is 21.8 Å². The molecule has 1 fully saturated rings. The first-order valence-electron chi connectivity index (χ1n) is 8.80. The fourth-order valence-electron chi connectivity index (χ4n) is 2.78. The van der Waals surface area contributed by atoms with Gasteiger partial charge in [0, 0.05) is 18.9 Å². The van der Waals surface area contributed by atoms with Gasteiger partial charge >= 0.3 is 0 Å². The van der Waals surface area contributed by atoms with Gasteiger partial charge in [0.15, 0.2) is 0 Å². The molecule has 1 aliphatic rings. The van der Waals surface area contributed by atoms with Crippen molar-refractivity contribution in [3.8, 4) is 0 Å². The average Bonchev–Trinajstić information content (AvgIpc) is 2.60. The van der Waals surface area contributed by atoms with Crippen LogP contribution in [-0.2, 0) is 26.2 Å². The number of carbonyl (C=O) groups is 2. The number of sulfonamides is 1. The summed E-state index contributed by atoms with van der Waals surface area (Å²) >= 11 is 0. The summed E-state index contributed by atoms with van der Waals surface area (Å²) < 4.78 is 26.2. The summed E-state index contributed by atoms with van der Waals surface area (Å²) in [6.45, 7) is 3.88. The number of amides is 2. The SMILES string of the molecule is Cc1ccc(CNC(=O)CCS(=O)(=O)NC(=O)C2CCN(C)CC2)cc1. The molecule has 2 rings (SSSR count). The molecule has 1 aromatic carbocycles. The van der Waals surface area contributed by atoms with E-state index in [1.807, 2.05) is 38.2 Å². The minimum atomic E-state index is -3.80. The van der Waals surface area contributed by atoms with Crippen LogP contribution in [0, 0.1) is 12.8 Å². The highest BCUT2D eigenvalue weighted by atomic mass is 32.2. The van der Waals surface area contributed by atoms with Crippen molar-refractivity contribution in [1.82, 2.24) is 14.9 Å². The van der Waals surface area contributed by atoms with Gasteiger partial charge in [0.1, 0.15) is 0 Å². The summed E-state index contributed by atoms with van der Waals surface area (Å²) in [5.41, 5.74) is 2.08. The number of piperidine rings is 1. The molecule has 0 bridgehead atoms. The molecule has 0 radical (unpaired) electrons. The monoisotopic (exact) mass is 381 g/mol. The molecule has 1 aliphatic heterocycles. The zero-order valence-corrected chi connectivity index (χ0v) is 16.1. The number of nitrogens with zero attached hydrogens (tertiary/aromatic N) is 1. The molecule has 7 nitrogen and oxygen atoms in total. The normalized spacial score (nSPS) is 16.2. The van der Waals surface area contributed by atoms with Crippen LogP contribution in [0.4, 0.5) is 0 Å². The molecule has 0 unspecified atom stereocenters. The lowest BCUT2D eigenvalue weighted by atomic mass is 9.97. The lowest BCUT2D eigenvalue weighted by Gasteiger charge is -2.27. The van der Waals surface area contributed by atoms with E-state index in [1.165, 1.54) is 0 Å². The predicted molar refractivity (Wildman–Crippen MR) is 99.8 cm³/mol. The molecule has 0 saturated carbocycles. The first-order valence-corrected chi connectivity index (χ1v) is 10.5. The van der Waals surface area contributed by atoms with Crippen LogP contribution in [0.5, 0.6) is 0 Å². The highest BCUT2D eigenvalue weighted by molar-refractivity contribution is 7.90. The van der Waals surface area contributed by atoms with Gasteiger partial charge in [0.05, 0.1) is 5.75 Å². The fraction of sp³-hybridized carbons (Fsp3) is 0.556. The van der Waals surface area contributed by atoms with Gasteiger partial charge in [-0.3, -0.25) is 14.3 Å². The summed E-state index contributed by atoms with van der Waals surface area (Å²) in [5, 5.41) is 2.69. The highest BCUT2D eigenvalue weighted by Crippen LogP contribution is 2.16. The predicted octanol–water partition coefficient (Wildman–Crippen LogP) is 0.789. The molecule has 0 aliphatic carbocycles. The average molecular weight is 381 g/mol. The number of aryl methyl sites for hydroxylation is 1. The molecule has 2 N–H and O–H groups in total. The van der Waals surface area contributed by atoms with Crippen molar-refractivity contribution in [2.45, 2.75) is 32.7 Å². The number of rotatable bonds is 7. The van der Waals surface area contributed by atoms with E-state index in [-0.39, 0.29) is 18.2 Å². The number of likely N-dealkylation sites (tertiary alicyclic amines) is 1. The van der Waals surface area contributed by atoms with Crippen molar-refractivity contribution in [1.29, 1.82) is 0 Å². The number of hydrogen-bond acceptors (Lipinski definition) is 5. The van der Waals surface area contributed by atoms with Crippen LogP contribution in [0.15, 0.2) is 24.3 Å². The molecule has 26 heavy (non-hydrogen) atoms. The maximum absolute atomic E-state index is 12.1. The zero-order chi connectivity index (χ0) is 19.2. The van der Waals surface area contributed by atoms with Crippen molar-refractivity contribution < 1.29 is 18.0 Å². The largest absolute Gasteiger partial charge is 0.352 e. The van der Waals surface area contributed by atoms with Gasteiger partial charge < -0.3 is 10.2 Å². The molecular formula is C18H27N3O4S. The quantitative estimate of drug-likeness (QED) is 0.728. The summed E-state index contributed by atoms with van der Waals surface area (Å²) in [7, 11) is -1.83. The third-order valence-electron chi connectivity index (χ3n) is 4.55. The summed E-state index contributed by atoms with van der Waals surface area (Å²) in [4.78, 5) is 26.1. The van der Waals surface area contributed by atoms with Gasteiger partial charge in [-0.2, -0.15) is 0 Å². The summed E-state index contributed by atoms with van der Waals surface area (Å²) in [5.74, 6) is -1.50. The van der Waals surface area contributed by atoms with E-state index in [9.17, 15) is 18.0 Å². The Labute approximate surface area is 155 Å². The molecule has 144 valence electrons. The zero-order valence-electron chi connectivity index (χ0n) is 15.3. The van der Waals surface area contributed by atoms with Crippen molar-refractivity contribution in [2.75, 3.05) is 25.9 Å². The fourth-order valence-corrected chi connectivity index (χ4v) is 3.81.